The lowest BCUT2D eigenvalue weighted by Crippen LogP contribution is -2.49. The molecule has 2 atom stereocenters. The van der Waals surface area contributed by atoms with Crippen molar-refractivity contribution in [1.29, 1.82) is 0 Å². The number of rotatable bonds is 5. The zero-order valence-corrected chi connectivity index (χ0v) is 18.3. The van der Waals surface area contributed by atoms with Gasteiger partial charge in [-0.2, -0.15) is 0 Å². The molecule has 1 aliphatic rings. The number of methoxy groups -OCH3 is 2. The van der Waals surface area contributed by atoms with Crippen molar-refractivity contribution in [2.45, 2.75) is 19.1 Å². The summed E-state index contributed by atoms with van der Waals surface area (Å²) >= 11 is 0. The standard InChI is InChI=1S/C24H28N2O5/c1-15-5-7-18-17(11-15)12-19(25(18)2)24(28)26-9-10-31-22(14-27)23(26)16-6-8-20(29-3)21(13-16)30-4/h5-8,11-13,22-23,27H,9-10,14H2,1-4H3/t22-,23-/m1/s1. The maximum absolute atomic E-state index is 13.7. The first-order valence-corrected chi connectivity index (χ1v) is 10.3. The molecule has 3 aromatic rings. The number of aromatic nitrogens is 1. The molecule has 7 nitrogen and oxygen atoms in total. The Kier molecular flexibility index (Phi) is 5.89. The first kappa shape index (κ1) is 21.2. The van der Waals surface area contributed by atoms with Crippen molar-refractivity contribution in [3.63, 3.8) is 0 Å². The Morgan fingerprint density at radius 1 is 1.13 bits per heavy atom. The van der Waals surface area contributed by atoms with Crippen LogP contribution in [0.3, 0.4) is 0 Å². The Morgan fingerprint density at radius 3 is 2.61 bits per heavy atom. The molecule has 31 heavy (non-hydrogen) atoms. The number of hydrogen-bond acceptors (Lipinski definition) is 5. The van der Waals surface area contributed by atoms with E-state index in [1.165, 1.54) is 0 Å². The highest BCUT2D eigenvalue weighted by Gasteiger charge is 2.37. The summed E-state index contributed by atoms with van der Waals surface area (Å²) in [7, 11) is 5.05. The van der Waals surface area contributed by atoms with Gasteiger partial charge in [0.05, 0.1) is 33.5 Å². The number of morpholine rings is 1. The van der Waals surface area contributed by atoms with E-state index < -0.39 is 12.1 Å². The SMILES string of the molecule is COc1ccc([C@@H]2[C@@H](CO)OCCN2C(=O)c2cc3cc(C)ccc3n2C)cc1OC. The third-order valence-electron chi connectivity index (χ3n) is 5.96. The zero-order chi connectivity index (χ0) is 22.1. The first-order valence-electron chi connectivity index (χ1n) is 10.3. The molecular formula is C24H28N2O5. The molecule has 1 fully saturated rings. The Balaban J connectivity index is 1.77. The van der Waals surface area contributed by atoms with Crippen LogP contribution in [0, 0.1) is 6.92 Å². The predicted octanol–water partition coefficient (Wildman–Crippen LogP) is 3.08. The van der Waals surface area contributed by atoms with Crippen LogP contribution in [0.5, 0.6) is 11.5 Å². The molecule has 0 unspecified atom stereocenters. The summed E-state index contributed by atoms with van der Waals surface area (Å²) in [6.45, 7) is 2.63. The number of benzene rings is 2. The maximum atomic E-state index is 13.7. The summed E-state index contributed by atoms with van der Waals surface area (Å²) in [6, 6.07) is 13.2. The van der Waals surface area contributed by atoms with Crippen LogP contribution >= 0.6 is 0 Å². The molecule has 0 spiro atoms. The van der Waals surface area contributed by atoms with E-state index in [9.17, 15) is 9.90 Å². The van der Waals surface area contributed by atoms with Crippen molar-refractivity contribution in [2.24, 2.45) is 7.05 Å². The maximum Gasteiger partial charge on any atom is 0.271 e. The molecule has 2 heterocycles. The number of nitrogens with zero attached hydrogens (tertiary/aromatic N) is 2. The van der Waals surface area contributed by atoms with Gasteiger partial charge in [-0.3, -0.25) is 4.79 Å². The third kappa shape index (κ3) is 3.75. The molecule has 4 rings (SSSR count). The van der Waals surface area contributed by atoms with Crippen molar-refractivity contribution in [2.75, 3.05) is 34.0 Å². The van der Waals surface area contributed by atoms with Crippen LogP contribution in [0.2, 0.25) is 0 Å². The van der Waals surface area contributed by atoms with E-state index in [-0.39, 0.29) is 12.5 Å². The molecule has 0 saturated carbocycles. The molecule has 1 N–H and O–H groups in total. The highest BCUT2D eigenvalue weighted by molar-refractivity contribution is 5.99. The quantitative estimate of drug-likeness (QED) is 0.682. The highest BCUT2D eigenvalue weighted by atomic mass is 16.5. The van der Waals surface area contributed by atoms with Crippen LogP contribution in [-0.2, 0) is 11.8 Å². The van der Waals surface area contributed by atoms with Gasteiger partial charge in [0.2, 0.25) is 0 Å². The van der Waals surface area contributed by atoms with Crippen LogP contribution in [0.25, 0.3) is 10.9 Å². The third-order valence-corrected chi connectivity index (χ3v) is 5.96. The predicted molar refractivity (Wildman–Crippen MR) is 118 cm³/mol. The number of carbonyl (C=O) groups excluding carboxylic acids is 1. The van der Waals surface area contributed by atoms with Crippen molar-refractivity contribution < 1.29 is 24.1 Å². The van der Waals surface area contributed by atoms with Gasteiger partial charge in [0, 0.05) is 24.5 Å². The van der Waals surface area contributed by atoms with Crippen LogP contribution in [0.15, 0.2) is 42.5 Å². The van der Waals surface area contributed by atoms with E-state index in [1.54, 1.807) is 25.2 Å². The lowest BCUT2D eigenvalue weighted by Gasteiger charge is -2.41. The molecule has 2 aromatic carbocycles. The second kappa shape index (κ2) is 8.61. The van der Waals surface area contributed by atoms with E-state index in [0.29, 0.717) is 30.3 Å². The van der Waals surface area contributed by atoms with Crippen LogP contribution in [0.4, 0.5) is 0 Å². The largest absolute Gasteiger partial charge is 0.493 e. The molecule has 0 aliphatic carbocycles. The molecule has 1 aliphatic heterocycles. The van der Waals surface area contributed by atoms with Gasteiger partial charge in [-0.25, -0.2) is 0 Å². The second-order valence-corrected chi connectivity index (χ2v) is 7.80. The number of amides is 1. The highest BCUT2D eigenvalue weighted by Crippen LogP contribution is 2.36. The van der Waals surface area contributed by atoms with Gasteiger partial charge in [-0.1, -0.05) is 17.7 Å². The first-order chi connectivity index (χ1) is 15.0. The number of hydrogen-bond donors (Lipinski definition) is 1. The summed E-state index contributed by atoms with van der Waals surface area (Å²) < 4.78 is 18.5. The van der Waals surface area contributed by atoms with Gasteiger partial charge in [-0.15, -0.1) is 0 Å². The smallest absolute Gasteiger partial charge is 0.271 e. The molecule has 1 saturated heterocycles. The van der Waals surface area contributed by atoms with Gasteiger partial charge in [0.1, 0.15) is 11.8 Å². The van der Waals surface area contributed by atoms with E-state index in [1.807, 2.05) is 48.9 Å². The van der Waals surface area contributed by atoms with Crippen molar-refractivity contribution in [3.8, 4) is 11.5 Å². The van der Waals surface area contributed by atoms with Crippen LogP contribution in [0.1, 0.15) is 27.7 Å². The van der Waals surface area contributed by atoms with Crippen molar-refractivity contribution >= 4 is 16.8 Å². The molecular weight excluding hydrogens is 396 g/mol. The van der Waals surface area contributed by atoms with Crippen molar-refractivity contribution in [3.05, 3.63) is 59.3 Å². The summed E-state index contributed by atoms with van der Waals surface area (Å²) in [5, 5.41) is 11.0. The molecule has 1 amide bonds. The average molecular weight is 424 g/mol. The van der Waals surface area contributed by atoms with Gasteiger partial charge in [0.25, 0.3) is 5.91 Å². The summed E-state index contributed by atoms with van der Waals surface area (Å²) in [6.07, 6.45) is -0.535. The fourth-order valence-electron chi connectivity index (χ4n) is 4.37. The number of aryl methyl sites for hydroxylation is 2. The molecule has 164 valence electrons. The minimum absolute atomic E-state index is 0.0992. The van der Waals surface area contributed by atoms with E-state index >= 15 is 0 Å². The monoisotopic (exact) mass is 424 g/mol. The fraction of sp³-hybridized carbons (Fsp3) is 0.375. The van der Waals surface area contributed by atoms with Gasteiger partial charge >= 0.3 is 0 Å². The van der Waals surface area contributed by atoms with Gasteiger partial charge in [0.15, 0.2) is 11.5 Å². The molecule has 0 bridgehead atoms. The summed E-state index contributed by atoms with van der Waals surface area (Å²) in [5.41, 5.74) is 3.57. The number of fused-ring (bicyclic) bond motifs is 1. The molecule has 0 radical (unpaired) electrons. The van der Waals surface area contributed by atoms with E-state index in [4.69, 9.17) is 14.2 Å². The summed E-state index contributed by atoms with van der Waals surface area (Å²) in [5.74, 6) is 1.07. The minimum atomic E-state index is -0.535. The number of aliphatic hydroxyl groups excluding tert-OH is 1. The van der Waals surface area contributed by atoms with Gasteiger partial charge < -0.3 is 28.8 Å². The number of ether oxygens (including phenoxy) is 3. The van der Waals surface area contributed by atoms with E-state index in [0.717, 1.165) is 22.0 Å². The number of carbonyl (C=O) groups is 1. The molecule has 7 heteroatoms. The summed E-state index contributed by atoms with van der Waals surface area (Å²) in [4.78, 5) is 15.5. The topological polar surface area (TPSA) is 73.2 Å². The Hall–Kier alpha value is -3.03. The van der Waals surface area contributed by atoms with Crippen molar-refractivity contribution in [1.82, 2.24) is 9.47 Å². The van der Waals surface area contributed by atoms with Crippen LogP contribution in [-0.4, -0.2) is 60.6 Å². The normalized spacial score (nSPS) is 18.9. The number of aliphatic hydroxyl groups is 1. The lowest BCUT2D eigenvalue weighted by molar-refractivity contribution is -0.0813. The average Bonchev–Trinajstić information content (AvgIpc) is 3.12. The van der Waals surface area contributed by atoms with E-state index in [2.05, 4.69) is 6.07 Å². The minimum Gasteiger partial charge on any atom is -0.493 e. The second-order valence-electron chi connectivity index (χ2n) is 7.80. The Labute approximate surface area is 181 Å². The van der Waals surface area contributed by atoms with Gasteiger partial charge in [-0.05, 0) is 42.8 Å². The lowest BCUT2D eigenvalue weighted by atomic mass is 9.97. The van der Waals surface area contributed by atoms with Crippen LogP contribution < -0.4 is 9.47 Å². The fourth-order valence-corrected chi connectivity index (χ4v) is 4.37. The Morgan fingerprint density at radius 2 is 1.90 bits per heavy atom. The molecule has 1 aromatic heterocycles. The zero-order valence-electron chi connectivity index (χ0n) is 18.3. The Bertz CT molecular complexity index is 1110.